The van der Waals surface area contributed by atoms with E-state index in [9.17, 15) is 22.8 Å². The normalized spacial score (nSPS) is 23.1. The summed E-state index contributed by atoms with van der Waals surface area (Å²) in [5.41, 5.74) is -0.644. The third-order valence-electron chi connectivity index (χ3n) is 7.26. The molecule has 208 valence electrons. The van der Waals surface area contributed by atoms with Crippen molar-refractivity contribution in [2.45, 2.75) is 91.2 Å². The zero-order valence-electron chi connectivity index (χ0n) is 22.9. The number of hydrogen-bond acceptors (Lipinski definition) is 4. The lowest BCUT2D eigenvalue weighted by Crippen LogP contribution is -2.54. The van der Waals surface area contributed by atoms with E-state index in [1.807, 2.05) is 20.8 Å². The lowest BCUT2D eigenvalue weighted by atomic mass is 9.96. The molecule has 1 aromatic carbocycles. The van der Waals surface area contributed by atoms with Crippen LogP contribution in [0.15, 0.2) is 24.3 Å². The molecular weight excluding hydrogens is 483 g/mol. The molecule has 1 aliphatic carbocycles. The summed E-state index contributed by atoms with van der Waals surface area (Å²) in [6.07, 6.45) is -2.49. The number of halogens is 3. The van der Waals surface area contributed by atoms with E-state index in [0.29, 0.717) is 31.0 Å². The fourth-order valence-corrected chi connectivity index (χ4v) is 5.67. The average molecular weight is 526 g/mol. The van der Waals surface area contributed by atoms with Gasteiger partial charge in [-0.1, -0.05) is 32.0 Å². The summed E-state index contributed by atoms with van der Waals surface area (Å²) in [6.45, 7) is 13.7. The maximum absolute atomic E-state index is 13.5. The molecule has 1 saturated heterocycles. The number of carbonyl (C=O) groups is 2. The first kappa shape index (κ1) is 29.3. The van der Waals surface area contributed by atoms with Gasteiger partial charge in [-0.25, -0.2) is 4.79 Å². The summed E-state index contributed by atoms with van der Waals surface area (Å²) in [5, 5.41) is 3.24. The quantitative estimate of drug-likeness (QED) is 0.473. The number of nitrogens with zero attached hydrogens (tertiary/aromatic N) is 2. The fraction of sp³-hybridized carbons (Fsp3) is 0.714. The number of ether oxygens (including phenoxy) is 1. The molecular formula is C28H42F3N3O3. The number of benzene rings is 1. The molecule has 1 N–H and O–H groups in total. The second-order valence-electron chi connectivity index (χ2n) is 11.9. The van der Waals surface area contributed by atoms with Crippen LogP contribution in [0.1, 0.15) is 71.9 Å². The number of carbonyl (C=O) groups excluding carboxylic acids is 2. The number of alkyl halides is 3. The van der Waals surface area contributed by atoms with Gasteiger partial charge in [0.1, 0.15) is 11.6 Å². The second-order valence-corrected chi connectivity index (χ2v) is 11.9. The Hall–Kier alpha value is -2.29. The predicted octanol–water partition coefficient (Wildman–Crippen LogP) is 5.70. The zero-order chi connectivity index (χ0) is 27.5. The molecule has 2 aliphatic rings. The number of nitrogens with one attached hydrogen (secondary N) is 1. The third kappa shape index (κ3) is 7.85. The maximum atomic E-state index is 13.5. The molecule has 1 aliphatic heterocycles. The summed E-state index contributed by atoms with van der Waals surface area (Å²) in [6, 6.07) is 4.86. The largest absolute Gasteiger partial charge is 0.444 e. The first-order valence-corrected chi connectivity index (χ1v) is 13.4. The van der Waals surface area contributed by atoms with Crippen LogP contribution in [0.2, 0.25) is 0 Å². The summed E-state index contributed by atoms with van der Waals surface area (Å²) >= 11 is 0. The van der Waals surface area contributed by atoms with Crippen molar-refractivity contribution in [3.63, 3.8) is 0 Å². The van der Waals surface area contributed by atoms with E-state index < -0.39 is 29.5 Å². The van der Waals surface area contributed by atoms with E-state index in [2.05, 4.69) is 10.2 Å². The molecule has 2 amide bonds. The van der Waals surface area contributed by atoms with E-state index >= 15 is 0 Å². The van der Waals surface area contributed by atoms with Gasteiger partial charge in [-0.3, -0.25) is 14.6 Å². The molecule has 0 spiro atoms. The molecule has 1 heterocycles. The second kappa shape index (κ2) is 11.6. The number of fused-ring (bicyclic) bond motifs is 1. The Morgan fingerprint density at radius 2 is 1.86 bits per heavy atom. The Labute approximate surface area is 218 Å². The Balaban J connectivity index is 1.66. The smallest absolute Gasteiger partial charge is 0.416 e. The van der Waals surface area contributed by atoms with Crippen LogP contribution in [0, 0.1) is 17.8 Å². The molecule has 1 saturated carbocycles. The topological polar surface area (TPSA) is 61.9 Å². The van der Waals surface area contributed by atoms with Crippen molar-refractivity contribution in [1.82, 2.24) is 15.1 Å². The zero-order valence-corrected chi connectivity index (χ0v) is 22.9. The van der Waals surface area contributed by atoms with E-state index in [4.69, 9.17) is 4.74 Å². The Kier molecular flexibility index (Phi) is 9.19. The monoisotopic (exact) mass is 525 g/mol. The van der Waals surface area contributed by atoms with Gasteiger partial charge in [0, 0.05) is 32.2 Å². The highest BCUT2D eigenvalue weighted by atomic mass is 19.4. The molecule has 1 aromatic rings. The van der Waals surface area contributed by atoms with Gasteiger partial charge in [-0.05, 0) is 76.3 Å². The minimum Gasteiger partial charge on any atom is -0.444 e. The van der Waals surface area contributed by atoms with Gasteiger partial charge in [0.05, 0.1) is 5.56 Å². The lowest BCUT2D eigenvalue weighted by molar-refractivity contribution is -0.137. The molecule has 0 bridgehead atoms. The Morgan fingerprint density at radius 1 is 1.16 bits per heavy atom. The number of rotatable bonds is 8. The molecule has 1 unspecified atom stereocenters. The van der Waals surface area contributed by atoms with Crippen molar-refractivity contribution in [2.24, 2.45) is 17.8 Å². The van der Waals surface area contributed by atoms with Crippen molar-refractivity contribution in [1.29, 1.82) is 0 Å². The van der Waals surface area contributed by atoms with Crippen molar-refractivity contribution >= 4 is 12.0 Å². The van der Waals surface area contributed by atoms with Gasteiger partial charge in [-0.2, -0.15) is 13.2 Å². The highest BCUT2D eigenvalue weighted by Crippen LogP contribution is 2.39. The first-order valence-electron chi connectivity index (χ1n) is 13.4. The highest BCUT2D eigenvalue weighted by Gasteiger charge is 2.44. The van der Waals surface area contributed by atoms with Crippen LogP contribution in [-0.2, 0) is 22.3 Å². The molecule has 3 rings (SSSR count). The van der Waals surface area contributed by atoms with Gasteiger partial charge in [0.25, 0.3) is 0 Å². The molecule has 0 radical (unpaired) electrons. The molecule has 9 heteroatoms. The SMILES string of the molecule is CCN(C(=O)OC(C)(C)C)C(CC(C)C)C(=O)N[C@H]1CC[C@@H]2CN(Cc3cccc(C(F)(F)F)c3)C[C@H]21. The van der Waals surface area contributed by atoms with Crippen LogP contribution < -0.4 is 5.32 Å². The summed E-state index contributed by atoms with van der Waals surface area (Å²) in [7, 11) is 0. The number of hydrogen-bond donors (Lipinski definition) is 1. The summed E-state index contributed by atoms with van der Waals surface area (Å²) in [5.74, 6) is 0.681. The molecule has 6 nitrogen and oxygen atoms in total. The van der Waals surface area contributed by atoms with Crippen molar-refractivity contribution < 1.29 is 27.5 Å². The van der Waals surface area contributed by atoms with Crippen LogP contribution in [-0.4, -0.2) is 59.1 Å². The first-order chi connectivity index (χ1) is 17.2. The van der Waals surface area contributed by atoms with Crippen LogP contribution in [0.25, 0.3) is 0 Å². The van der Waals surface area contributed by atoms with E-state index in [1.54, 1.807) is 26.8 Å². The van der Waals surface area contributed by atoms with Gasteiger partial charge in [-0.15, -0.1) is 0 Å². The number of likely N-dealkylation sites (tertiary alicyclic amines) is 1. The maximum Gasteiger partial charge on any atom is 0.416 e. The van der Waals surface area contributed by atoms with Crippen LogP contribution >= 0.6 is 0 Å². The molecule has 2 fully saturated rings. The van der Waals surface area contributed by atoms with Crippen molar-refractivity contribution in [2.75, 3.05) is 19.6 Å². The molecule has 0 aromatic heterocycles. The van der Waals surface area contributed by atoms with Crippen LogP contribution in [0.5, 0.6) is 0 Å². The van der Waals surface area contributed by atoms with Crippen LogP contribution in [0.3, 0.4) is 0 Å². The fourth-order valence-electron chi connectivity index (χ4n) is 5.67. The Bertz CT molecular complexity index is 945. The highest BCUT2D eigenvalue weighted by molar-refractivity contribution is 5.86. The average Bonchev–Trinajstić information content (AvgIpc) is 3.32. The van der Waals surface area contributed by atoms with E-state index in [0.717, 1.165) is 32.0 Å². The van der Waals surface area contributed by atoms with Crippen molar-refractivity contribution in [3.05, 3.63) is 35.4 Å². The molecule has 4 atom stereocenters. The Morgan fingerprint density at radius 3 is 2.46 bits per heavy atom. The predicted molar refractivity (Wildman–Crippen MR) is 137 cm³/mol. The van der Waals surface area contributed by atoms with Gasteiger partial charge < -0.3 is 10.1 Å². The van der Waals surface area contributed by atoms with Gasteiger partial charge >= 0.3 is 12.3 Å². The lowest BCUT2D eigenvalue weighted by Gasteiger charge is -2.34. The number of likely N-dealkylation sites (N-methyl/N-ethyl adjacent to an activating group) is 1. The van der Waals surface area contributed by atoms with E-state index in [1.165, 1.54) is 17.0 Å². The molecule has 37 heavy (non-hydrogen) atoms. The number of amides is 2. The summed E-state index contributed by atoms with van der Waals surface area (Å²) < 4.78 is 44.9. The standard InChI is InChI=1S/C28H42F3N3O3/c1-7-34(26(36)37-27(4,5)6)24(13-18(2)3)25(35)32-23-12-11-20-16-33(17-22(20)23)15-19-9-8-10-21(14-19)28(29,30)31/h8-10,14,18,20,22-24H,7,11-13,15-17H2,1-6H3,(H,32,35)/t20-,22-,23+,24?/m1/s1. The van der Waals surface area contributed by atoms with Crippen molar-refractivity contribution in [3.8, 4) is 0 Å². The van der Waals surface area contributed by atoms with Gasteiger partial charge in [0.2, 0.25) is 5.91 Å². The van der Waals surface area contributed by atoms with Crippen LogP contribution in [0.4, 0.5) is 18.0 Å². The van der Waals surface area contributed by atoms with E-state index in [-0.39, 0.29) is 23.8 Å². The minimum absolute atomic E-state index is 0.0176. The minimum atomic E-state index is -4.36. The summed E-state index contributed by atoms with van der Waals surface area (Å²) in [4.78, 5) is 30.1. The third-order valence-corrected chi connectivity index (χ3v) is 7.26. The van der Waals surface area contributed by atoms with Gasteiger partial charge in [0.15, 0.2) is 0 Å².